The van der Waals surface area contributed by atoms with Crippen molar-refractivity contribution >= 4 is 17.1 Å². The Morgan fingerprint density at radius 2 is 2.29 bits per heavy atom. The van der Waals surface area contributed by atoms with E-state index in [2.05, 4.69) is 15.9 Å². The normalized spacial score (nSPS) is 28.1. The number of nitrogens with two attached hydrogens (primary N) is 1. The largest absolute Gasteiger partial charge is 0.388 e. The quantitative estimate of drug-likeness (QED) is 0.614. The van der Waals surface area contributed by atoms with Gasteiger partial charge in [-0.1, -0.05) is 5.92 Å². The van der Waals surface area contributed by atoms with Gasteiger partial charge in [-0.2, -0.15) is 4.98 Å². The Labute approximate surface area is 136 Å². The van der Waals surface area contributed by atoms with Crippen molar-refractivity contribution in [3.8, 4) is 12.3 Å². The van der Waals surface area contributed by atoms with Crippen molar-refractivity contribution in [3.63, 3.8) is 0 Å². The number of aliphatic hydroxyl groups is 2. The Hall–Kier alpha value is -2.41. The second kappa shape index (κ2) is 5.04. The summed E-state index contributed by atoms with van der Waals surface area (Å²) in [6.07, 6.45) is 5.82. The summed E-state index contributed by atoms with van der Waals surface area (Å²) in [4.78, 5) is 20.8. The summed E-state index contributed by atoms with van der Waals surface area (Å²) in [5.74, 6) is 2.41. The maximum absolute atomic E-state index is 12.8. The van der Waals surface area contributed by atoms with E-state index in [1.165, 1.54) is 15.3 Å². The zero-order valence-electron chi connectivity index (χ0n) is 12.8. The third-order valence-corrected chi connectivity index (χ3v) is 4.68. The van der Waals surface area contributed by atoms with Crippen LogP contribution in [0.3, 0.4) is 0 Å². The summed E-state index contributed by atoms with van der Waals surface area (Å²) in [5, 5.41) is 20.6. The SMILES string of the molecule is C#CCn1c(=O)n([C@@H]2O[C@H](C3(O)CC3)C[C@H]2O)c2nc(N)ncc21. The number of nitrogen functional groups attached to an aromatic ring is 1. The molecule has 0 aromatic carbocycles. The number of hydrogen-bond donors (Lipinski definition) is 3. The van der Waals surface area contributed by atoms with Crippen molar-refractivity contribution in [2.75, 3.05) is 5.73 Å². The summed E-state index contributed by atoms with van der Waals surface area (Å²) in [5.41, 5.74) is 4.92. The predicted octanol–water partition coefficient (Wildman–Crippen LogP) is -1.02. The maximum atomic E-state index is 12.8. The first-order chi connectivity index (χ1) is 11.4. The Bertz CT molecular complexity index is 907. The Morgan fingerprint density at radius 1 is 1.54 bits per heavy atom. The zero-order valence-corrected chi connectivity index (χ0v) is 12.8. The van der Waals surface area contributed by atoms with Gasteiger partial charge < -0.3 is 20.7 Å². The molecule has 1 aliphatic carbocycles. The van der Waals surface area contributed by atoms with E-state index in [-0.39, 0.29) is 24.6 Å². The fourth-order valence-corrected chi connectivity index (χ4v) is 3.22. The van der Waals surface area contributed by atoms with Crippen LogP contribution < -0.4 is 11.4 Å². The van der Waals surface area contributed by atoms with Crippen LogP contribution in [0.5, 0.6) is 0 Å². The highest BCUT2D eigenvalue weighted by Crippen LogP contribution is 2.46. The molecule has 4 N–H and O–H groups in total. The summed E-state index contributed by atoms with van der Waals surface area (Å²) in [6.45, 7) is 0.0335. The van der Waals surface area contributed by atoms with Crippen molar-refractivity contribution < 1.29 is 14.9 Å². The van der Waals surface area contributed by atoms with Crippen LogP contribution in [0.15, 0.2) is 11.0 Å². The van der Waals surface area contributed by atoms with Gasteiger partial charge in [0, 0.05) is 6.42 Å². The lowest BCUT2D eigenvalue weighted by molar-refractivity contribution is -0.0846. The number of aliphatic hydroxyl groups excluding tert-OH is 1. The smallest absolute Gasteiger partial charge is 0.333 e. The van der Waals surface area contributed by atoms with Gasteiger partial charge in [0.25, 0.3) is 0 Å². The first-order valence-corrected chi connectivity index (χ1v) is 7.67. The fraction of sp³-hybridized carbons (Fsp3) is 0.533. The molecule has 9 heteroatoms. The molecule has 2 aromatic rings. The Kier molecular flexibility index (Phi) is 3.18. The molecule has 24 heavy (non-hydrogen) atoms. The van der Waals surface area contributed by atoms with Crippen molar-refractivity contribution in [2.24, 2.45) is 0 Å². The molecule has 2 aliphatic rings. The van der Waals surface area contributed by atoms with E-state index >= 15 is 0 Å². The number of ether oxygens (including phenoxy) is 1. The molecule has 0 amide bonds. The number of nitrogens with zero attached hydrogens (tertiary/aromatic N) is 4. The molecular formula is C15H17N5O4. The number of imidazole rings is 1. The second-order valence-corrected chi connectivity index (χ2v) is 6.30. The van der Waals surface area contributed by atoms with Crippen LogP contribution in [-0.4, -0.2) is 47.1 Å². The second-order valence-electron chi connectivity index (χ2n) is 6.30. The van der Waals surface area contributed by atoms with E-state index in [1.807, 2.05) is 0 Å². The molecular weight excluding hydrogens is 314 g/mol. The molecule has 3 atom stereocenters. The average Bonchev–Trinajstić information content (AvgIpc) is 3.09. The van der Waals surface area contributed by atoms with E-state index in [9.17, 15) is 15.0 Å². The number of hydrogen-bond acceptors (Lipinski definition) is 7. The number of rotatable bonds is 3. The third-order valence-electron chi connectivity index (χ3n) is 4.68. The van der Waals surface area contributed by atoms with Gasteiger partial charge in [0.05, 0.1) is 24.4 Å². The monoisotopic (exact) mass is 331 g/mol. The molecule has 1 saturated heterocycles. The molecule has 126 valence electrons. The van der Waals surface area contributed by atoms with Gasteiger partial charge in [-0.25, -0.2) is 14.3 Å². The van der Waals surface area contributed by atoms with Gasteiger partial charge in [0.2, 0.25) is 5.95 Å². The topological polar surface area (TPSA) is 128 Å². The molecule has 2 fully saturated rings. The van der Waals surface area contributed by atoms with E-state index in [4.69, 9.17) is 16.9 Å². The number of terminal acetylenes is 1. The number of anilines is 1. The van der Waals surface area contributed by atoms with Gasteiger partial charge in [-0.05, 0) is 12.8 Å². The molecule has 1 saturated carbocycles. The van der Waals surface area contributed by atoms with Crippen LogP contribution in [0.4, 0.5) is 5.95 Å². The molecule has 3 heterocycles. The highest BCUT2D eigenvalue weighted by Gasteiger charge is 2.54. The minimum absolute atomic E-state index is 0.000958. The molecule has 0 radical (unpaired) electrons. The molecule has 2 aromatic heterocycles. The van der Waals surface area contributed by atoms with Crippen molar-refractivity contribution in [3.05, 3.63) is 16.7 Å². The molecule has 0 bridgehead atoms. The molecule has 4 rings (SSSR count). The number of fused-ring (bicyclic) bond motifs is 1. The van der Waals surface area contributed by atoms with Crippen LogP contribution in [-0.2, 0) is 11.3 Å². The van der Waals surface area contributed by atoms with Crippen molar-refractivity contribution in [1.82, 2.24) is 19.1 Å². The van der Waals surface area contributed by atoms with Gasteiger partial charge in [-0.3, -0.25) is 4.57 Å². The predicted molar refractivity (Wildman–Crippen MR) is 83.8 cm³/mol. The lowest BCUT2D eigenvalue weighted by Gasteiger charge is -2.18. The molecule has 9 nitrogen and oxygen atoms in total. The van der Waals surface area contributed by atoms with E-state index in [0.717, 1.165) is 0 Å². The molecule has 0 unspecified atom stereocenters. The van der Waals surface area contributed by atoms with Gasteiger partial charge in [0.1, 0.15) is 11.6 Å². The highest BCUT2D eigenvalue weighted by atomic mass is 16.5. The average molecular weight is 331 g/mol. The lowest BCUT2D eigenvalue weighted by Crippen LogP contribution is -2.32. The Morgan fingerprint density at radius 3 is 2.96 bits per heavy atom. The minimum atomic E-state index is -0.956. The third kappa shape index (κ3) is 2.11. The summed E-state index contributed by atoms with van der Waals surface area (Å²) < 4.78 is 8.36. The standard InChI is InChI=1S/C15H17N5O4/c1-2-5-19-8-7-17-13(16)18-11(8)20(14(19)22)12-9(21)6-10(24-12)15(23)3-4-15/h1,7,9-10,12,21,23H,3-6H2,(H2,16,17,18)/t9-,10+,12-/m1/s1. The van der Waals surface area contributed by atoms with Gasteiger partial charge in [0.15, 0.2) is 11.9 Å². The van der Waals surface area contributed by atoms with Crippen LogP contribution >= 0.6 is 0 Å². The highest BCUT2D eigenvalue weighted by molar-refractivity contribution is 5.72. The van der Waals surface area contributed by atoms with Crippen LogP contribution in [0.1, 0.15) is 25.5 Å². The zero-order chi connectivity index (χ0) is 17.1. The Balaban J connectivity index is 1.84. The summed E-state index contributed by atoms with van der Waals surface area (Å²) in [7, 11) is 0. The summed E-state index contributed by atoms with van der Waals surface area (Å²) in [6, 6.07) is 0. The van der Waals surface area contributed by atoms with E-state index in [1.54, 1.807) is 0 Å². The van der Waals surface area contributed by atoms with Crippen LogP contribution in [0, 0.1) is 12.3 Å². The molecule has 0 spiro atoms. The summed E-state index contributed by atoms with van der Waals surface area (Å²) >= 11 is 0. The van der Waals surface area contributed by atoms with Crippen molar-refractivity contribution in [1.29, 1.82) is 0 Å². The first-order valence-electron chi connectivity index (χ1n) is 7.67. The van der Waals surface area contributed by atoms with Crippen LogP contribution in [0.25, 0.3) is 11.2 Å². The van der Waals surface area contributed by atoms with Gasteiger partial charge >= 0.3 is 5.69 Å². The lowest BCUT2D eigenvalue weighted by atomic mass is 10.1. The van der Waals surface area contributed by atoms with Crippen LogP contribution in [0.2, 0.25) is 0 Å². The number of aromatic nitrogens is 4. The first kappa shape index (κ1) is 15.1. The minimum Gasteiger partial charge on any atom is -0.388 e. The van der Waals surface area contributed by atoms with E-state index in [0.29, 0.717) is 18.4 Å². The molecule has 1 aliphatic heterocycles. The van der Waals surface area contributed by atoms with Gasteiger partial charge in [-0.15, -0.1) is 6.42 Å². The van der Waals surface area contributed by atoms with E-state index < -0.39 is 29.7 Å². The maximum Gasteiger partial charge on any atom is 0.333 e. The fourth-order valence-electron chi connectivity index (χ4n) is 3.22. The van der Waals surface area contributed by atoms with Crippen molar-refractivity contribution in [2.45, 2.75) is 49.8 Å².